The van der Waals surface area contributed by atoms with Gasteiger partial charge in [-0.1, -0.05) is 18.2 Å². The fourth-order valence-corrected chi connectivity index (χ4v) is 2.80. The second kappa shape index (κ2) is 7.40. The third kappa shape index (κ3) is 4.07. The quantitative estimate of drug-likeness (QED) is 0.845. The summed E-state index contributed by atoms with van der Waals surface area (Å²) in [6.07, 6.45) is 1.67. The van der Waals surface area contributed by atoms with Gasteiger partial charge < -0.3 is 9.80 Å². The third-order valence-electron chi connectivity index (χ3n) is 4.25. The molecule has 1 fully saturated rings. The van der Waals surface area contributed by atoms with Crippen LogP contribution < -0.4 is 4.90 Å². The summed E-state index contributed by atoms with van der Waals surface area (Å²) in [7, 11) is 5.40. The first-order valence-corrected chi connectivity index (χ1v) is 7.74. The molecule has 0 atom stereocenters. The molecule has 0 unspecified atom stereocenters. The number of rotatable bonds is 4. The van der Waals surface area contributed by atoms with Crippen LogP contribution >= 0.6 is 0 Å². The Hall–Kier alpha value is -1.88. The molecular formula is C17H25N3O2. The summed E-state index contributed by atoms with van der Waals surface area (Å²) < 4.78 is 0. The molecule has 120 valence electrons. The van der Waals surface area contributed by atoms with Crippen LogP contribution in [0.5, 0.6) is 0 Å². The van der Waals surface area contributed by atoms with Crippen LogP contribution in [0.1, 0.15) is 12.8 Å². The van der Waals surface area contributed by atoms with Gasteiger partial charge in [0.05, 0.1) is 6.54 Å². The highest BCUT2D eigenvalue weighted by Crippen LogP contribution is 2.19. The van der Waals surface area contributed by atoms with E-state index in [-0.39, 0.29) is 17.7 Å². The van der Waals surface area contributed by atoms with Gasteiger partial charge in [-0.25, -0.2) is 0 Å². The van der Waals surface area contributed by atoms with Gasteiger partial charge in [0.25, 0.3) is 0 Å². The van der Waals surface area contributed by atoms with E-state index in [1.807, 2.05) is 30.3 Å². The summed E-state index contributed by atoms with van der Waals surface area (Å²) in [5.74, 6) is 0.393. The second-order valence-corrected chi connectivity index (χ2v) is 6.07. The zero-order valence-corrected chi connectivity index (χ0v) is 13.7. The summed E-state index contributed by atoms with van der Waals surface area (Å²) in [4.78, 5) is 29.8. The molecule has 22 heavy (non-hydrogen) atoms. The number of carbonyl (C=O) groups excluding carboxylic acids is 2. The molecule has 0 N–H and O–H groups in total. The minimum Gasteiger partial charge on any atom is -0.349 e. The Balaban J connectivity index is 1.83. The van der Waals surface area contributed by atoms with Gasteiger partial charge in [-0.15, -0.1) is 0 Å². The first kappa shape index (κ1) is 16.5. The highest BCUT2D eigenvalue weighted by molar-refractivity contribution is 5.94. The molecule has 0 aromatic heterocycles. The van der Waals surface area contributed by atoms with Crippen molar-refractivity contribution in [1.82, 2.24) is 9.80 Å². The summed E-state index contributed by atoms with van der Waals surface area (Å²) in [6.45, 7) is 2.02. The molecular weight excluding hydrogens is 278 g/mol. The highest BCUT2D eigenvalue weighted by Gasteiger charge is 2.27. The maximum absolute atomic E-state index is 12.3. The Morgan fingerprint density at radius 3 is 2.23 bits per heavy atom. The molecule has 1 heterocycles. The van der Waals surface area contributed by atoms with Gasteiger partial charge in [-0.2, -0.15) is 0 Å². The van der Waals surface area contributed by atoms with Gasteiger partial charge in [0.1, 0.15) is 0 Å². The fraction of sp³-hybridized carbons (Fsp3) is 0.529. The van der Waals surface area contributed by atoms with Crippen molar-refractivity contribution in [2.75, 3.05) is 45.7 Å². The van der Waals surface area contributed by atoms with Crippen LogP contribution in [0.2, 0.25) is 0 Å². The molecule has 1 saturated heterocycles. The third-order valence-corrected chi connectivity index (χ3v) is 4.25. The van der Waals surface area contributed by atoms with E-state index in [2.05, 4.69) is 4.90 Å². The maximum Gasteiger partial charge on any atom is 0.240 e. The Labute approximate surface area is 132 Å². The lowest BCUT2D eigenvalue weighted by Gasteiger charge is -2.32. The molecule has 0 spiro atoms. The van der Waals surface area contributed by atoms with Gasteiger partial charge in [0, 0.05) is 32.7 Å². The molecule has 1 aliphatic rings. The van der Waals surface area contributed by atoms with Gasteiger partial charge in [-0.05, 0) is 38.1 Å². The zero-order valence-electron chi connectivity index (χ0n) is 13.7. The number of para-hydroxylation sites is 1. The Kier molecular flexibility index (Phi) is 5.55. The van der Waals surface area contributed by atoms with Crippen LogP contribution in [0.15, 0.2) is 30.3 Å². The fourth-order valence-electron chi connectivity index (χ4n) is 2.80. The monoisotopic (exact) mass is 303 g/mol. The number of anilines is 1. The normalized spacial score (nSPS) is 16.3. The molecule has 0 radical (unpaired) electrons. The van der Waals surface area contributed by atoms with E-state index < -0.39 is 0 Å². The van der Waals surface area contributed by atoms with E-state index in [0.717, 1.165) is 31.6 Å². The van der Waals surface area contributed by atoms with Crippen molar-refractivity contribution < 1.29 is 9.59 Å². The van der Waals surface area contributed by atoms with Crippen LogP contribution in [-0.2, 0) is 9.59 Å². The Morgan fingerprint density at radius 1 is 1.09 bits per heavy atom. The molecule has 1 aliphatic heterocycles. The minimum absolute atomic E-state index is 0.0867. The van der Waals surface area contributed by atoms with Gasteiger partial charge in [0.15, 0.2) is 0 Å². The van der Waals surface area contributed by atoms with E-state index in [1.165, 1.54) is 0 Å². The molecule has 0 saturated carbocycles. The maximum atomic E-state index is 12.3. The summed E-state index contributed by atoms with van der Waals surface area (Å²) in [5, 5.41) is 0. The van der Waals surface area contributed by atoms with Crippen molar-refractivity contribution in [3.05, 3.63) is 30.3 Å². The summed E-state index contributed by atoms with van der Waals surface area (Å²) in [6, 6.07) is 9.66. The van der Waals surface area contributed by atoms with Crippen molar-refractivity contribution in [1.29, 1.82) is 0 Å². The summed E-state index contributed by atoms with van der Waals surface area (Å²) in [5.41, 5.74) is 0.908. The Bertz CT molecular complexity index is 508. The highest BCUT2D eigenvalue weighted by atomic mass is 16.2. The van der Waals surface area contributed by atoms with Crippen molar-refractivity contribution in [3.63, 3.8) is 0 Å². The van der Waals surface area contributed by atoms with Gasteiger partial charge >= 0.3 is 0 Å². The lowest BCUT2D eigenvalue weighted by molar-refractivity contribution is -0.134. The smallest absolute Gasteiger partial charge is 0.240 e. The number of carbonyl (C=O) groups is 2. The predicted octanol–water partition coefficient (Wildman–Crippen LogP) is 1.45. The first-order chi connectivity index (χ1) is 10.5. The number of hydrogen-bond donors (Lipinski definition) is 0. The van der Waals surface area contributed by atoms with Crippen LogP contribution in [0.25, 0.3) is 0 Å². The zero-order chi connectivity index (χ0) is 16.1. The van der Waals surface area contributed by atoms with Crippen LogP contribution in [0.4, 0.5) is 5.69 Å². The Morgan fingerprint density at radius 2 is 1.68 bits per heavy atom. The number of benzene rings is 1. The predicted molar refractivity (Wildman–Crippen MR) is 87.7 cm³/mol. The topological polar surface area (TPSA) is 43.9 Å². The number of likely N-dealkylation sites (N-methyl/N-ethyl adjacent to an activating group) is 1. The number of hydrogen-bond acceptors (Lipinski definition) is 3. The molecule has 2 rings (SSSR count). The van der Waals surface area contributed by atoms with Crippen molar-refractivity contribution in [2.24, 2.45) is 5.92 Å². The number of amides is 2. The lowest BCUT2D eigenvalue weighted by atomic mass is 9.95. The number of piperidine rings is 1. The molecule has 1 aromatic rings. The molecule has 1 aromatic carbocycles. The van der Waals surface area contributed by atoms with Crippen molar-refractivity contribution in [3.8, 4) is 0 Å². The molecule has 5 heteroatoms. The van der Waals surface area contributed by atoms with E-state index in [1.54, 1.807) is 30.9 Å². The minimum atomic E-state index is 0.0867. The van der Waals surface area contributed by atoms with Gasteiger partial charge in [-0.3, -0.25) is 14.5 Å². The number of nitrogens with zero attached hydrogens (tertiary/aromatic N) is 3. The van der Waals surface area contributed by atoms with Crippen molar-refractivity contribution in [2.45, 2.75) is 12.8 Å². The molecule has 0 bridgehead atoms. The largest absolute Gasteiger partial charge is 0.349 e. The van der Waals surface area contributed by atoms with E-state index in [9.17, 15) is 9.59 Å². The summed E-state index contributed by atoms with van der Waals surface area (Å²) >= 11 is 0. The SMILES string of the molecule is CN(C)C(=O)C1CCN(CC(=O)N(C)c2ccccc2)CC1. The molecule has 0 aliphatic carbocycles. The molecule has 5 nitrogen and oxygen atoms in total. The van der Waals surface area contributed by atoms with E-state index in [4.69, 9.17) is 0 Å². The number of likely N-dealkylation sites (tertiary alicyclic amines) is 1. The van der Waals surface area contributed by atoms with Crippen LogP contribution in [-0.4, -0.2) is 62.4 Å². The lowest BCUT2D eigenvalue weighted by Crippen LogP contribution is -2.44. The second-order valence-electron chi connectivity index (χ2n) is 6.07. The van der Waals surface area contributed by atoms with Crippen molar-refractivity contribution >= 4 is 17.5 Å². The average molecular weight is 303 g/mol. The average Bonchev–Trinajstić information content (AvgIpc) is 2.54. The first-order valence-electron chi connectivity index (χ1n) is 7.74. The van der Waals surface area contributed by atoms with Crippen LogP contribution in [0.3, 0.4) is 0 Å². The van der Waals surface area contributed by atoms with Gasteiger partial charge in [0.2, 0.25) is 11.8 Å². The standard InChI is InChI=1S/C17H25N3O2/c1-18(2)17(22)14-9-11-20(12-10-14)13-16(21)19(3)15-7-5-4-6-8-15/h4-8,14H,9-13H2,1-3H3. The van der Waals surface area contributed by atoms with E-state index in [0.29, 0.717) is 6.54 Å². The molecule has 2 amide bonds. The van der Waals surface area contributed by atoms with Crippen LogP contribution in [0, 0.1) is 5.92 Å². The van der Waals surface area contributed by atoms with E-state index >= 15 is 0 Å².